The van der Waals surface area contributed by atoms with Crippen molar-refractivity contribution in [3.8, 4) is 0 Å². The predicted molar refractivity (Wildman–Crippen MR) is 91.6 cm³/mol. The third-order valence-electron chi connectivity index (χ3n) is 3.26. The second kappa shape index (κ2) is 6.48. The molecule has 0 fully saturated rings. The van der Waals surface area contributed by atoms with Gasteiger partial charge in [-0.2, -0.15) is 13.2 Å². The Kier molecular flexibility index (Phi) is 5.22. The highest BCUT2D eigenvalue weighted by atomic mass is 127. The van der Waals surface area contributed by atoms with Crippen LogP contribution in [0.15, 0.2) is 18.5 Å². The predicted octanol–water partition coefficient (Wildman–Crippen LogP) is 4.97. The second-order valence-electron chi connectivity index (χ2n) is 6.35. The van der Waals surface area contributed by atoms with Crippen molar-refractivity contribution in [2.24, 2.45) is 0 Å². The molecule has 122 valence electrons. The van der Waals surface area contributed by atoms with Gasteiger partial charge in [0.2, 0.25) is 0 Å². The maximum atomic E-state index is 12.9. The van der Waals surface area contributed by atoms with Gasteiger partial charge < -0.3 is 9.30 Å². The Morgan fingerprint density at radius 2 is 2.00 bits per heavy atom. The lowest BCUT2D eigenvalue weighted by Crippen LogP contribution is -2.22. The molecule has 0 radical (unpaired) electrons. The van der Waals surface area contributed by atoms with Crippen molar-refractivity contribution in [3.05, 3.63) is 27.6 Å². The SMILES string of the molecule is C[Si](C)(C)CCOCn1ccc2c(I)c(C(F)(F)F)cnc21. The molecule has 0 bridgehead atoms. The van der Waals surface area contributed by atoms with Gasteiger partial charge in [-0.1, -0.05) is 19.6 Å². The van der Waals surface area contributed by atoms with E-state index in [9.17, 15) is 13.2 Å². The highest BCUT2D eigenvalue weighted by molar-refractivity contribution is 14.1. The van der Waals surface area contributed by atoms with Crippen molar-refractivity contribution < 1.29 is 17.9 Å². The topological polar surface area (TPSA) is 27.1 Å². The average Bonchev–Trinajstić information content (AvgIpc) is 2.76. The summed E-state index contributed by atoms with van der Waals surface area (Å²) >= 11 is 1.72. The van der Waals surface area contributed by atoms with Crippen LogP contribution in [-0.2, 0) is 17.6 Å². The van der Waals surface area contributed by atoms with E-state index in [0.717, 1.165) is 12.2 Å². The molecule has 2 aromatic heterocycles. The van der Waals surface area contributed by atoms with E-state index in [1.54, 1.807) is 39.4 Å². The first kappa shape index (κ1) is 17.7. The Morgan fingerprint density at radius 1 is 1.32 bits per heavy atom. The molecule has 0 amide bonds. The molecule has 2 heterocycles. The quantitative estimate of drug-likeness (QED) is 0.372. The zero-order valence-corrected chi connectivity index (χ0v) is 15.8. The first-order chi connectivity index (χ1) is 10.1. The number of hydrogen-bond donors (Lipinski definition) is 0. The number of pyridine rings is 1. The number of halogens is 4. The summed E-state index contributed by atoms with van der Waals surface area (Å²) in [5, 5.41) is 0.504. The van der Waals surface area contributed by atoms with Crippen LogP contribution in [0.2, 0.25) is 25.7 Å². The normalized spacial score (nSPS) is 13.0. The lowest BCUT2D eigenvalue weighted by Gasteiger charge is -2.15. The summed E-state index contributed by atoms with van der Waals surface area (Å²) in [6.45, 7) is 7.77. The van der Waals surface area contributed by atoms with Gasteiger partial charge in [0.1, 0.15) is 12.4 Å². The van der Waals surface area contributed by atoms with E-state index in [1.807, 2.05) is 0 Å². The minimum atomic E-state index is -4.38. The molecule has 0 aliphatic heterocycles. The van der Waals surface area contributed by atoms with Crippen LogP contribution in [0, 0.1) is 3.57 Å². The molecule has 0 spiro atoms. The number of aromatic nitrogens is 2. The lowest BCUT2D eigenvalue weighted by atomic mass is 10.2. The Morgan fingerprint density at radius 3 is 2.59 bits per heavy atom. The maximum Gasteiger partial charge on any atom is 0.418 e. The molecule has 0 aliphatic rings. The van der Waals surface area contributed by atoms with Gasteiger partial charge in [-0.25, -0.2) is 4.98 Å². The van der Waals surface area contributed by atoms with E-state index >= 15 is 0 Å². The Bertz CT molecular complexity index is 664. The third-order valence-corrected chi connectivity index (χ3v) is 6.12. The standard InChI is InChI=1S/C14H18F3IN2OSi/c1-22(2,3)7-6-21-9-20-5-4-10-12(18)11(14(15,16)17)8-19-13(10)20/h4-5,8H,6-7,9H2,1-3H3. The largest absolute Gasteiger partial charge is 0.418 e. The van der Waals surface area contributed by atoms with Crippen molar-refractivity contribution in [2.75, 3.05) is 6.61 Å². The molecule has 22 heavy (non-hydrogen) atoms. The first-order valence-corrected chi connectivity index (χ1v) is 11.7. The van der Waals surface area contributed by atoms with Gasteiger partial charge in [0.05, 0.1) is 5.56 Å². The molecular formula is C14H18F3IN2OSi. The van der Waals surface area contributed by atoms with Crippen molar-refractivity contribution in [1.82, 2.24) is 9.55 Å². The molecule has 0 N–H and O–H groups in total. The summed E-state index contributed by atoms with van der Waals surface area (Å²) < 4.78 is 46.2. The van der Waals surface area contributed by atoms with Gasteiger partial charge in [0.15, 0.2) is 0 Å². The van der Waals surface area contributed by atoms with E-state index in [2.05, 4.69) is 24.6 Å². The highest BCUT2D eigenvalue weighted by Gasteiger charge is 2.34. The van der Waals surface area contributed by atoms with E-state index in [0.29, 0.717) is 24.4 Å². The van der Waals surface area contributed by atoms with Gasteiger partial charge in [-0.3, -0.25) is 0 Å². The number of nitrogens with zero attached hydrogens (tertiary/aromatic N) is 2. The number of ether oxygens (including phenoxy) is 1. The van der Waals surface area contributed by atoms with Crippen LogP contribution in [0.25, 0.3) is 11.0 Å². The van der Waals surface area contributed by atoms with Crippen molar-refractivity contribution in [3.63, 3.8) is 0 Å². The summed E-state index contributed by atoms with van der Waals surface area (Å²) in [6, 6.07) is 2.70. The van der Waals surface area contributed by atoms with Crippen LogP contribution >= 0.6 is 22.6 Å². The molecule has 0 unspecified atom stereocenters. The molecule has 0 aromatic carbocycles. The van der Waals surface area contributed by atoms with Crippen molar-refractivity contribution in [1.29, 1.82) is 0 Å². The molecule has 3 nitrogen and oxygen atoms in total. The number of hydrogen-bond acceptors (Lipinski definition) is 2. The Hall–Kier alpha value is -0.613. The number of rotatable bonds is 5. The molecular weight excluding hydrogens is 424 g/mol. The van der Waals surface area contributed by atoms with Gasteiger partial charge >= 0.3 is 6.18 Å². The number of fused-ring (bicyclic) bond motifs is 1. The third kappa shape index (κ3) is 4.22. The van der Waals surface area contributed by atoms with Crippen LogP contribution in [0.1, 0.15) is 5.56 Å². The van der Waals surface area contributed by atoms with Crippen molar-refractivity contribution >= 4 is 41.7 Å². The Labute approximate surface area is 142 Å². The van der Waals surface area contributed by atoms with E-state index < -0.39 is 19.8 Å². The fraction of sp³-hybridized carbons (Fsp3) is 0.500. The lowest BCUT2D eigenvalue weighted by molar-refractivity contribution is -0.138. The summed E-state index contributed by atoms with van der Waals surface area (Å²) in [6.07, 6.45) is -1.77. The summed E-state index contributed by atoms with van der Waals surface area (Å²) in [4.78, 5) is 3.96. The van der Waals surface area contributed by atoms with Crippen LogP contribution in [0.5, 0.6) is 0 Å². The summed E-state index contributed by atoms with van der Waals surface area (Å²) in [5.41, 5.74) is -0.177. The molecule has 0 aliphatic carbocycles. The van der Waals surface area contributed by atoms with Crippen molar-refractivity contribution in [2.45, 2.75) is 38.6 Å². The summed E-state index contributed by atoms with van der Waals surface area (Å²) in [7, 11) is -1.15. The molecule has 2 aromatic rings. The van der Waals surface area contributed by atoms with Crippen LogP contribution in [0.4, 0.5) is 13.2 Å². The van der Waals surface area contributed by atoms with E-state index in [-0.39, 0.29) is 3.57 Å². The minimum absolute atomic E-state index is 0.177. The van der Waals surface area contributed by atoms with Gasteiger partial charge in [0.25, 0.3) is 0 Å². The zero-order chi connectivity index (χ0) is 16.5. The minimum Gasteiger partial charge on any atom is -0.361 e. The fourth-order valence-corrected chi connectivity index (χ4v) is 3.57. The van der Waals surface area contributed by atoms with E-state index in [1.165, 1.54) is 0 Å². The van der Waals surface area contributed by atoms with Crippen LogP contribution < -0.4 is 0 Å². The molecule has 8 heteroatoms. The molecule has 0 saturated carbocycles. The van der Waals surface area contributed by atoms with Crippen LogP contribution in [0.3, 0.4) is 0 Å². The van der Waals surface area contributed by atoms with Gasteiger partial charge in [0, 0.05) is 36.0 Å². The van der Waals surface area contributed by atoms with Gasteiger partial charge in [-0.05, 0) is 34.7 Å². The molecule has 0 atom stereocenters. The highest BCUT2D eigenvalue weighted by Crippen LogP contribution is 2.35. The average molecular weight is 442 g/mol. The first-order valence-electron chi connectivity index (χ1n) is 6.88. The van der Waals surface area contributed by atoms with Gasteiger partial charge in [-0.15, -0.1) is 0 Å². The van der Waals surface area contributed by atoms with E-state index in [4.69, 9.17) is 4.74 Å². The monoisotopic (exact) mass is 442 g/mol. The molecule has 2 rings (SSSR count). The van der Waals surface area contributed by atoms with Crippen LogP contribution in [-0.4, -0.2) is 24.2 Å². The maximum absolute atomic E-state index is 12.9. The smallest absolute Gasteiger partial charge is 0.361 e. The fourth-order valence-electron chi connectivity index (χ4n) is 1.95. The Balaban J connectivity index is 2.15. The number of alkyl halides is 3. The second-order valence-corrected chi connectivity index (χ2v) is 13.1. The summed E-state index contributed by atoms with van der Waals surface area (Å²) in [5.74, 6) is 0. The molecule has 0 saturated heterocycles. The zero-order valence-electron chi connectivity index (χ0n) is 12.7.